The fourth-order valence-electron chi connectivity index (χ4n) is 7.82. The number of carbonyl (C=O) groups excluding carboxylic acids is 2. The number of likely N-dealkylation sites (tertiary alicyclic amines) is 1. The molecular formula is C40H48LiN9O5. The molecule has 2 aliphatic rings. The van der Waals surface area contributed by atoms with Crippen molar-refractivity contribution in [3.05, 3.63) is 90.3 Å². The topological polar surface area (TPSA) is 147 Å². The van der Waals surface area contributed by atoms with Crippen LogP contribution < -0.4 is 33.6 Å². The standard InChI is InChI=1S/C40H49N9O5.Li/c1-2-53-27-25-48-35-13-7-6-12-34(35)42-39(48)46-20-9-19-45(23-24-46)21-17-40(31-10-4-3-5-11-31)18-22-47(29-40)38(52)33-28-32(49-30-41-43-44-49)15-16-36(33)54-26-8-14-37(50)51;/h3-7,10-13,15-16,28,30H,2,8-9,14,17-27,29H2,1H3,(H,50,51);/q;+1/p-1. The van der Waals surface area contributed by atoms with Gasteiger partial charge in [0.15, 0.2) is 0 Å². The number of ether oxygens (including phenoxy) is 2. The summed E-state index contributed by atoms with van der Waals surface area (Å²) >= 11 is 0. The van der Waals surface area contributed by atoms with Crippen LogP contribution in [-0.2, 0) is 21.5 Å². The first-order chi connectivity index (χ1) is 26.4. The van der Waals surface area contributed by atoms with Crippen LogP contribution in [0.25, 0.3) is 16.7 Å². The first-order valence-corrected chi connectivity index (χ1v) is 19.0. The minimum absolute atomic E-state index is 0. The van der Waals surface area contributed by atoms with Gasteiger partial charge in [0.25, 0.3) is 5.91 Å². The molecule has 0 saturated carbocycles. The van der Waals surface area contributed by atoms with Crippen molar-refractivity contribution in [2.75, 3.05) is 70.5 Å². The number of tetrazole rings is 1. The van der Waals surface area contributed by atoms with E-state index in [1.165, 1.54) is 16.6 Å². The Labute approximate surface area is 333 Å². The maximum atomic E-state index is 14.4. The van der Waals surface area contributed by atoms with Crippen LogP contribution in [0.2, 0.25) is 0 Å². The molecule has 0 radical (unpaired) electrons. The Balaban J connectivity index is 0.00000514. The number of hydrogen-bond donors (Lipinski definition) is 0. The molecule has 2 fully saturated rings. The Kier molecular flexibility index (Phi) is 13.6. The fraction of sp³-hybridized carbons (Fsp3) is 0.450. The molecule has 0 bridgehead atoms. The van der Waals surface area contributed by atoms with Gasteiger partial charge in [-0.3, -0.25) is 4.79 Å². The zero-order valence-electron chi connectivity index (χ0n) is 31.9. The number of nitrogens with zero attached hydrogens (tertiary/aromatic N) is 9. The van der Waals surface area contributed by atoms with Crippen LogP contribution in [0.1, 0.15) is 54.9 Å². The summed E-state index contributed by atoms with van der Waals surface area (Å²) < 4.78 is 15.5. The summed E-state index contributed by atoms with van der Waals surface area (Å²) in [6.07, 6.45) is 4.39. The third-order valence-corrected chi connectivity index (χ3v) is 10.7. The molecule has 2 saturated heterocycles. The normalized spacial score (nSPS) is 17.6. The summed E-state index contributed by atoms with van der Waals surface area (Å²) in [7, 11) is 0. The molecule has 1 unspecified atom stereocenters. The van der Waals surface area contributed by atoms with Gasteiger partial charge in [-0.1, -0.05) is 42.5 Å². The summed E-state index contributed by atoms with van der Waals surface area (Å²) in [5.74, 6) is 0.128. The predicted octanol–water partition coefficient (Wildman–Crippen LogP) is 0.348. The van der Waals surface area contributed by atoms with Crippen molar-refractivity contribution in [1.29, 1.82) is 0 Å². The van der Waals surface area contributed by atoms with E-state index in [0.29, 0.717) is 43.3 Å². The third-order valence-electron chi connectivity index (χ3n) is 10.7. The Morgan fingerprint density at radius 3 is 2.56 bits per heavy atom. The molecule has 5 aromatic rings. The molecule has 4 heterocycles. The number of fused-ring (bicyclic) bond motifs is 1. The van der Waals surface area contributed by atoms with Crippen molar-refractivity contribution in [2.24, 2.45) is 0 Å². The zero-order chi connectivity index (χ0) is 37.3. The van der Waals surface area contributed by atoms with Crippen LogP contribution in [0.15, 0.2) is 79.1 Å². The van der Waals surface area contributed by atoms with Crippen LogP contribution in [0.3, 0.4) is 0 Å². The van der Waals surface area contributed by atoms with Gasteiger partial charge in [-0.05, 0) is 98.4 Å². The summed E-state index contributed by atoms with van der Waals surface area (Å²) in [5.41, 5.74) is 4.17. The van der Waals surface area contributed by atoms with Crippen LogP contribution in [0, 0.1) is 0 Å². The van der Waals surface area contributed by atoms with Gasteiger partial charge in [0.1, 0.15) is 12.1 Å². The largest absolute Gasteiger partial charge is 1.00 e. The molecule has 14 nitrogen and oxygen atoms in total. The van der Waals surface area contributed by atoms with Crippen LogP contribution in [0.5, 0.6) is 5.75 Å². The minimum Gasteiger partial charge on any atom is -0.550 e. The maximum absolute atomic E-state index is 14.4. The molecule has 0 aliphatic carbocycles. The number of rotatable bonds is 16. The first kappa shape index (κ1) is 39.9. The number of para-hydroxylation sites is 2. The van der Waals surface area contributed by atoms with E-state index in [-0.39, 0.29) is 49.6 Å². The zero-order valence-corrected chi connectivity index (χ0v) is 31.9. The number of benzene rings is 3. The van der Waals surface area contributed by atoms with Crippen molar-refractivity contribution in [1.82, 2.24) is 39.6 Å². The van der Waals surface area contributed by atoms with Gasteiger partial charge in [-0.2, -0.15) is 0 Å². The monoisotopic (exact) mass is 741 g/mol. The van der Waals surface area contributed by atoms with Gasteiger partial charge in [-0.25, -0.2) is 9.67 Å². The van der Waals surface area contributed by atoms with Crippen molar-refractivity contribution in [3.8, 4) is 11.4 Å². The van der Waals surface area contributed by atoms with E-state index in [1.807, 2.05) is 24.0 Å². The average Bonchev–Trinajstić information content (AvgIpc) is 3.94. The van der Waals surface area contributed by atoms with E-state index in [2.05, 4.69) is 72.4 Å². The number of anilines is 1. The Hall–Kier alpha value is -4.74. The molecule has 0 spiro atoms. The Morgan fingerprint density at radius 2 is 1.76 bits per heavy atom. The number of aliphatic carboxylic acids is 1. The predicted molar refractivity (Wildman–Crippen MR) is 202 cm³/mol. The van der Waals surface area contributed by atoms with Crippen molar-refractivity contribution < 1.29 is 43.0 Å². The molecule has 1 amide bonds. The average molecular weight is 742 g/mol. The number of carboxylic acid groups (broad SMARTS) is 1. The number of carbonyl (C=O) groups is 2. The summed E-state index contributed by atoms with van der Waals surface area (Å²) in [4.78, 5) is 37.4. The second-order valence-electron chi connectivity index (χ2n) is 14.1. The second-order valence-corrected chi connectivity index (χ2v) is 14.1. The fourth-order valence-corrected chi connectivity index (χ4v) is 7.82. The van der Waals surface area contributed by atoms with Crippen LogP contribution in [-0.4, -0.2) is 117 Å². The number of carboxylic acids is 1. The van der Waals surface area contributed by atoms with E-state index in [4.69, 9.17) is 14.5 Å². The molecule has 15 heteroatoms. The second kappa shape index (κ2) is 18.7. The van der Waals surface area contributed by atoms with E-state index < -0.39 is 5.97 Å². The smallest absolute Gasteiger partial charge is 0.550 e. The van der Waals surface area contributed by atoms with Gasteiger partial charge in [0, 0.05) is 57.3 Å². The molecule has 2 aliphatic heterocycles. The Bertz CT molecular complexity index is 2010. The van der Waals surface area contributed by atoms with Gasteiger partial charge in [0.05, 0.1) is 35.5 Å². The summed E-state index contributed by atoms with van der Waals surface area (Å²) in [5, 5.41) is 22.5. The van der Waals surface area contributed by atoms with E-state index in [0.717, 1.165) is 75.5 Å². The molecular weight excluding hydrogens is 693 g/mol. The molecule has 7 rings (SSSR count). The summed E-state index contributed by atoms with van der Waals surface area (Å²) in [6, 6.07) is 24.1. The van der Waals surface area contributed by atoms with E-state index >= 15 is 0 Å². The number of aromatic nitrogens is 6. The van der Waals surface area contributed by atoms with Crippen molar-refractivity contribution in [3.63, 3.8) is 0 Å². The number of hydrogen-bond acceptors (Lipinski definition) is 11. The van der Waals surface area contributed by atoms with Gasteiger partial charge < -0.3 is 38.6 Å². The molecule has 284 valence electrons. The van der Waals surface area contributed by atoms with Gasteiger partial charge in [0.2, 0.25) is 5.95 Å². The van der Waals surface area contributed by atoms with Crippen molar-refractivity contribution in [2.45, 2.75) is 51.0 Å². The molecule has 0 N–H and O–H groups in total. The Morgan fingerprint density at radius 1 is 0.927 bits per heavy atom. The summed E-state index contributed by atoms with van der Waals surface area (Å²) in [6.45, 7) is 10.1. The quantitative estimate of drug-likeness (QED) is 0.102. The van der Waals surface area contributed by atoms with E-state index in [9.17, 15) is 14.7 Å². The SMILES string of the molecule is CCOCCn1c(N2CCCN(CCC3(c4ccccc4)CCN(C(=O)c4cc(-n5cnnn5)ccc4OCCCC(=O)[O-])C3)CC2)nc2ccccc21.[Li+]. The van der Waals surface area contributed by atoms with Gasteiger partial charge >= 0.3 is 18.9 Å². The number of amides is 1. The number of imidazole rings is 1. The van der Waals surface area contributed by atoms with Gasteiger partial charge in [-0.15, -0.1) is 5.10 Å². The molecule has 1 atom stereocenters. The maximum Gasteiger partial charge on any atom is 1.00 e. The molecule has 2 aromatic heterocycles. The minimum atomic E-state index is -1.13. The first-order valence-electron chi connectivity index (χ1n) is 19.0. The van der Waals surface area contributed by atoms with E-state index in [1.54, 1.807) is 18.2 Å². The van der Waals surface area contributed by atoms with Crippen LogP contribution in [0.4, 0.5) is 5.95 Å². The van der Waals surface area contributed by atoms with Crippen molar-refractivity contribution >= 4 is 28.9 Å². The third kappa shape index (κ3) is 9.39. The molecule has 3 aromatic carbocycles. The van der Waals surface area contributed by atoms with Crippen LogP contribution >= 0.6 is 0 Å². The molecule has 55 heavy (non-hydrogen) atoms.